The van der Waals surface area contributed by atoms with Gasteiger partial charge >= 0.3 is 23.7 Å². The second kappa shape index (κ2) is 7.29. The van der Waals surface area contributed by atoms with E-state index in [1.165, 1.54) is 0 Å². The molecule has 0 aliphatic rings. The lowest BCUT2D eigenvalue weighted by Crippen LogP contribution is -2.07. The van der Waals surface area contributed by atoms with Gasteiger partial charge in [0.2, 0.25) is 11.8 Å². The molecular formula is C12H14N4O6. The van der Waals surface area contributed by atoms with Crippen LogP contribution < -0.4 is 0 Å². The molecule has 118 valence electrons. The van der Waals surface area contributed by atoms with Crippen LogP contribution in [0.15, 0.2) is 8.83 Å². The minimum atomic E-state index is -0.480. The Morgan fingerprint density at radius 3 is 1.59 bits per heavy atom. The number of nitrogens with zero attached hydrogens (tertiary/aromatic N) is 4. The van der Waals surface area contributed by atoms with E-state index in [-0.39, 0.29) is 49.6 Å². The number of aromatic nitrogens is 4. The Labute approximate surface area is 124 Å². The third-order valence-corrected chi connectivity index (χ3v) is 2.32. The van der Waals surface area contributed by atoms with Crippen LogP contribution in [0.4, 0.5) is 0 Å². The van der Waals surface area contributed by atoms with Crippen molar-refractivity contribution in [2.75, 3.05) is 13.2 Å². The van der Waals surface area contributed by atoms with Crippen molar-refractivity contribution in [3.05, 3.63) is 11.8 Å². The zero-order chi connectivity index (χ0) is 15.9. The monoisotopic (exact) mass is 310 g/mol. The molecule has 0 aliphatic heterocycles. The fraction of sp³-hybridized carbons (Fsp3) is 0.500. The molecule has 0 saturated heterocycles. The van der Waals surface area contributed by atoms with Gasteiger partial charge in [0, 0.05) is 0 Å². The summed E-state index contributed by atoms with van der Waals surface area (Å²) in [4.78, 5) is 22.6. The summed E-state index contributed by atoms with van der Waals surface area (Å²) >= 11 is 0. The molecule has 2 aromatic heterocycles. The van der Waals surface area contributed by atoms with Gasteiger partial charge in [0.15, 0.2) is 0 Å². The SMILES string of the molecule is CCOC(=O)Cc1nnc(-c2nnc(CC(=O)OCC)o2)o1. The Bertz CT molecular complexity index is 593. The van der Waals surface area contributed by atoms with Crippen molar-refractivity contribution in [1.29, 1.82) is 0 Å². The van der Waals surface area contributed by atoms with Crippen molar-refractivity contribution in [1.82, 2.24) is 20.4 Å². The van der Waals surface area contributed by atoms with Crippen molar-refractivity contribution in [3.63, 3.8) is 0 Å². The van der Waals surface area contributed by atoms with E-state index in [1.54, 1.807) is 13.8 Å². The highest BCUT2D eigenvalue weighted by molar-refractivity contribution is 5.71. The third kappa shape index (κ3) is 4.11. The zero-order valence-electron chi connectivity index (χ0n) is 12.1. The molecule has 10 nitrogen and oxygen atoms in total. The summed E-state index contributed by atoms with van der Waals surface area (Å²) in [5.74, 6) is -0.904. The molecule has 0 fully saturated rings. The van der Waals surface area contributed by atoms with Crippen molar-refractivity contribution in [3.8, 4) is 11.8 Å². The number of esters is 2. The van der Waals surface area contributed by atoms with Gasteiger partial charge in [-0.15, -0.1) is 20.4 Å². The average Bonchev–Trinajstić information content (AvgIpc) is 3.08. The molecule has 0 saturated carbocycles. The molecular weight excluding hydrogens is 296 g/mol. The topological polar surface area (TPSA) is 130 Å². The number of carbonyl (C=O) groups excluding carboxylic acids is 2. The molecule has 10 heteroatoms. The minimum Gasteiger partial charge on any atom is -0.466 e. The first-order valence-electron chi connectivity index (χ1n) is 6.58. The van der Waals surface area contributed by atoms with E-state index < -0.39 is 11.9 Å². The van der Waals surface area contributed by atoms with Crippen molar-refractivity contribution < 1.29 is 27.9 Å². The van der Waals surface area contributed by atoms with Crippen molar-refractivity contribution >= 4 is 11.9 Å². The van der Waals surface area contributed by atoms with Crippen LogP contribution in [0.5, 0.6) is 0 Å². The van der Waals surface area contributed by atoms with E-state index in [2.05, 4.69) is 20.4 Å². The first kappa shape index (κ1) is 15.6. The van der Waals surface area contributed by atoms with Gasteiger partial charge in [-0.3, -0.25) is 9.59 Å². The van der Waals surface area contributed by atoms with Crippen LogP contribution in [0, 0.1) is 0 Å². The number of hydrogen-bond donors (Lipinski definition) is 0. The fourth-order valence-corrected chi connectivity index (χ4v) is 1.49. The third-order valence-electron chi connectivity index (χ3n) is 2.32. The van der Waals surface area contributed by atoms with Crippen LogP contribution in [0.3, 0.4) is 0 Å². The minimum absolute atomic E-state index is 0.0399. The first-order valence-corrected chi connectivity index (χ1v) is 6.58. The Balaban J connectivity index is 2.00. The van der Waals surface area contributed by atoms with Crippen LogP contribution in [-0.4, -0.2) is 45.5 Å². The van der Waals surface area contributed by atoms with Crippen LogP contribution in [0.2, 0.25) is 0 Å². The Morgan fingerprint density at radius 2 is 1.23 bits per heavy atom. The van der Waals surface area contributed by atoms with Crippen LogP contribution in [0.25, 0.3) is 11.8 Å². The van der Waals surface area contributed by atoms with E-state index in [0.717, 1.165) is 0 Å². The second-order valence-corrected chi connectivity index (χ2v) is 3.97. The molecule has 0 aliphatic carbocycles. The van der Waals surface area contributed by atoms with Crippen LogP contribution in [0.1, 0.15) is 25.6 Å². The maximum absolute atomic E-state index is 11.3. The summed E-state index contributed by atoms with van der Waals surface area (Å²) in [5.41, 5.74) is 0. The molecule has 0 aromatic carbocycles. The standard InChI is InChI=1S/C12H14N4O6/c1-3-19-9(17)5-7-13-15-11(21-7)12-16-14-8(22-12)6-10(18)20-4-2/h3-6H2,1-2H3. The molecule has 0 N–H and O–H groups in total. The Kier molecular flexibility index (Phi) is 5.17. The number of hydrogen-bond acceptors (Lipinski definition) is 10. The maximum Gasteiger partial charge on any atom is 0.315 e. The van der Waals surface area contributed by atoms with Gasteiger partial charge in [-0.25, -0.2) is 0 Å². The smallest absolute Gasteiger partial charge is 0.315 e. The molecule has 0 unspecified atom stereocenters. The highest BCUT2D eigenvalue weighted by atomic mass is 16.5. The van der Waals surface area contributed by atoms with E-state index in [1.807, 2.05) is 0 Å². The van der Waals surface area contributed by atoms with E-state index in [4.69, 9.17) is 18.3 Å². The quantitative estimate of drug-likeness (QED) is 0.659. The number of ether oxygens (including phenoxy) is 2. The first-order chi connectivity index (χ1) is 10.6. The van der Waals surface area contributed by atoms with Gasteiger partial charge in [-0.2, -0.15) is 0 Å². The molecule has 2 aromatic rings. The summed E-state index contributed by atoms with van der Waals surface area (Å²) in [5, 5.41) is 14.7. The van der Waals surface area contributed by atoms with Crippen LogP contribution in [-0.2, 0) is 31.9 Å². The largest absolute Gasteiger partial charge is 0.466 e. The van der Waals surface area contributed by atoms with Gasteiger partial charge < -0.3 is 18.3 Å². The maximum atomic E-state index is 11.3. The van der Waals surface area contributed by atoms with Crippen molar-refractivity contribution in [2.24, 2.45) is 0 Å². The van der Waals surface area contributed by atoms with E-state index in [9.17, 15) is 9.59 Å². The molecule has 0 spiro atoms. The summed E-state index contributed by atoms with van der Waals surface area (Å²) in [7, 11) is 0. The molecule has 0 amide bonds. The lowest BCUT2D eigenvalue weighted by Gasteiger charge is -1.96. The normalized spacial score (nSPS) is 10.5. The molecule has 2 rings (SSSR count). The van der Waals surface area contributed by atoms with E-state index >= 15 is 0 Å². The number of rotatable bonds is 7. The Hall–Kier alpha value is -2.78. The summed E-state index contributed by atoms with van der Waals surface area (Å²) < 4.78 is 20.0. The highest BCUT2D eigenvalue weighted by Gasteiger charge is 2.19. The summed E-state index contributed by atoms with van der Waals surface area (Å²) in [6.07, 6.45) is -0.296. The fourth-order valence-electron chi connectivity index (χ4n) is 1.49. The molecule has 22 heavy (non-hydrogen) atoms. The molecule has 0 atom stereocenters. The molecule has 0 radical (unpaired) electrons. The predicted octanol–water partition coefficient (Wildman–Crippen LogP) is 0.331. The average molecular weight is 310 g/mol. The summed E-state index contributed by atoms with van der Waals surface area (Å²) in [6, 6.07) is 0. The molecule has 0 bridgehead atoms. The second-order valence-electron chi connectivity index (χ2n) is 3.97. The number of carbonyl (C=O) groups is 2. The lowest BCUT2D eigenvalue weighted by molar-refractivity contribution is -0.143. The Morgan fingerprint density at radius 1 is 0.818 bits per heavy atom. The van der Waals surface area contributed by atoms with Gasteiger partial charge in [0.25, 0.3) is 0 Å². The van der Waals surface area contributed by atoms with Gasteiger partial charge in [-0.05, 0) is 13.8 Å². The molecule has 2 heterocycles. The summed E-state index contributed by atoms with van der Waals surface area (Å²) in [6.45, 7) is 3.92. The van der Waals surface area contributed by atoms with Gasteiger partial charge in [-0.1, -0.05) is 0 Å². The van der Waals surface area contributed by atoms with Gasteiger partial charge in [0.1, 0.15) is 12.8 Å². The lowest BCUT2D eigenvalue weighted by atomic mass is 10.4. The van der Waals surface area contributed by atoms with E-state index in [0.29, 0.717) is 0 Å². The van der Waals surface area contributed by atoms with Gasteiger partial charge in [0.05, 0.1) is 13.2 Å². The van der Waals surface area contributed by atoms with Crippen molar-refractivity contribution in [2.45, 2.75) is 26.7 Å². The predicted molar refractivity (Wildman–Crippen MR) is 68.3 cm³/mol. The highest BCUT2D eigenvalue weighted by Crippen LogP contribution is 2.16. The zero-order valence-corrected chi connectivity index (χ0v) is 12.1. The van der Waals surface area contributed by atoms with Crippen LogP contribution >= 0.6 is 0 Å².